The van der Waals surface area contributed by atoms with Gasteiger partial charge in [-0.05, 0) is 17.7 Å². The van der Waals surface area contributed by atoms with E-state index in [-0.39, 0.29) is 16.9 Å². The quantitative estimate of drug-likeness (QED) is 0.674. The number of aromatic amines is 1. The lowest BCUT2D eigenvalue weighted by Crippen LogP contribution is -2.28. The van der Waals surface area contributed by atoms with Gasteiger partial charge in [0.15, 0.2) is 0 Å². The number of H-pyrrole nitrogens is 1. The van der Waals surface area contributed by atoms with Crippen molar-refractivity contribution in [3.05, 3.63) is 50.9 Å². The standard InChI is InChI=1S/C14H16ClN5O/c1-14(2,3)11-12(21)17-13(20-18-11)19-16-8-9-4-6-10(15)7-5-9/h4-8H,1-3H3,(H2,17,19,20,21)/b16-8+. The normalized spacial score (nSPS) is 11.8. The Labute approximate surface area is 127 Å². The molecule has 0 aliphatic rings. The molecule has 0 aliphatic carbocycles. The van der Waals surface area contributed by atoms with Crippen LogP contribution in [-0.2, 0) is 5.41 Å². The average Bonchev–Trinajstić information content (AvgIpc) is 2.40. The molecule has 2 aromatic rings. The van der Waals surface area contributed by atoms with Gasteiger partial charge in [-0.1, -0.05) is 44.5 Å². The van der Waals surface area contributed by atoms with E-state index in [1.165, 1.54) is 0 Å². The highest BCUT2D eigenvalue weighted by Crippen LogP contribution is 2.15. The van der Waals surface area contributed by atoms with E-state index < -0.39 is 0 Å². The van der Waals surface area contributed by atoms with Crippen LogP contribution in [-0.4, -0.2) is 21.4 Å². The molecule has 1 aromatic carbocycles. The zero-order valence-corrected chi connectivity index (χ0v) is 12.8. The van der Waals surface area contributed by atoms with Crippen LogP contribution in [0.25, 0.3) is 0 Å². The number of rotatable bonds is 3. The zero-order valence-electron chi connectivity index (χ0n) is 12.0. The van der Waals surface area contributed by atoms with Crippen LogP contribution < -0.4 is 11.0 Å². The molecule has 7 heteroatoms. The van der Waals surface area contributed by atoms with E-state index in [1.807, 2.05) is 32.9 Å². The number of halogens is 1. The molecule has 6 nitrogen and oxygen atoms in total. The molecular formula is C14H16ClN5O. The van der Waals surface area contributed by atoms with Gasteiger partial charge in [0.1, 0.15) is 5.69 Å². The average molecular weight is 306 g/mol. The lowest BCUT2D eigenvalue weighted by molar-refractivity contribution is 0.547. The molecule has 0 saturated heterocycles. The Kier molecular flexibility index (Phi) is 4.37. The van der Waals surface area contributed by atoms with E-state index in [1.54, 1.807) is 18.3 Å². The van der Waals surface area contributed by atoms with Crippen LogP contribution >= 0.6 is 11.6 Å². The van der Waals surface area contributed by atoms with Gasteiger partial charge >= 0.3 is 0 Å². The molecule has 0 fully saturated rings. The predicted molar refractivity (Wildman–Crippen MR) is 84.0 cm³/mol. The van der Waals surface area contributed by atoms with Crippen molar-refractivity contribution in [2.45, 2.75) is 26.2 Å². The number of benzene rings is 1. The van der Waals surface area contributed by atoms with Crippen molar-refractivity contribution in [1.29, 1.82) is 0 Å². The predicted octanol–water partition coefficient (Wildman–Crippen LogP) is 2.56. The second-order valence-corrected chi connectivity index (χ2v) is 5.96. The first-order valence-corrected chi connectivity index (χ1v) is 6.76. The number of hydrogen-bond acceptors (Lipinski definition) is 5. The Hall–Kier alpha value is -2.21. The summed E-state index contributed by atoms with van der Waals surface area (Å²) in [5.74, 6) is 0.193. The Bertz CT molecular complexity index is 701. The smallest absolute Gasteiger partial charge is 0.274 e. The van der Waals surface area contributed by atoms with Crippen LogP contribution in [0.4, 0.5) is 5.95 Å². The van der Waals surface area contributed by atoms with Crippen LogP contribution in [0.2, 0.25) is 5.02 Å². The summed E-state index contributed by atoms with van der Waals surface area (Å²) in [6.07, 6.45) is 1.59. The molecule has 1 heterocycles. The Balaban J connectivity index is 2.09. The van der Waals surface area contributed by atoms with Gasteiger partial charge in [-0.3, -0.25) is 9.78 Å². The molecule has 0 spiro atoms. The molecular weight excluding hydrogens is 290 g/mol. The van der Waals surface area contributed by atoms with Gasteiger partial charge in [-0.25, -0.2) is 5.43 Å². The number of hydrogen-bond donors (Lipinski definition) is 2. The third kappa shape index (κ3) is 4.13. The monoisotopic (exact) mass is 305 g/mol. The molecule has 0 unspecified atom stereocenters. The minimum atomic E-state index is -0.355. The Morgan fingerprint density at radius 1 is 1.24 bits per heavy atom. The SMILES string of the molecule is CC(C)(C)c1nnc(N/N=C/c2ccc(Cl)cc2)[nH]c1=O. The van der Waals surface area contributed by atoms with E-state index in [0.29, 0.717) is 10.7 Å². The summed E-state index contributed by atoms with van der Waals surface area (Å²) in [7, 11) is 0. The molecule has 0 bridgehead atoms. The lowest BCUT2D eigenvalue weighted by atomic mass is 9.93. The first-order valence-electron chi connectivity index (χ1n) is 6.38. The molecule has 21 heavy (non-hydrogen) atoms. The van der Waals surface area contributed by atoms with Gasteiger partial charge < -0.3 is 0 Å². The highest BCUT2D eigenvalue weighted by molar-refractivity contribution is 6.30. The van der Waals surface area contributed by atoms with E-state index in [0.717, 1.165) is 5.56 Å². The molecule has 0 radical (unpaired) electrons. The van der Waals surface area contributed by atoms with Crippen molar-refractivity contribution in [1.82, 2.24) is 15.2 Å². The van der Waals surface area contributed by atoms with Crippen molar-refractivity contribution in [2.24, 2.45) is 5.10 Å². The fourth-order valence-corrected chi connectivity index (χ4v) is 1.72. The first-order chi connectivity index (χ1) is 9.86. The van der Waals surface area contributed by atoms with E-state index in [9.17, 15) is 4.79 Å². The van der Waals surface area contributed by atoms with Crippen molar-refractivity contribution >= 4 is 23.8 Å². The van der Waals surface area contributed by atoms with Gasteiger partial charge in [0.2, 0.25) is 5.95 Å². The fraction of sp³-hybridized carbons (Fsp3) is 0.286. The fourth-order valence-electron chi connectivity index (χ4n) is 1.59. The first kappa shape index (κ1) is 15.2. The van der Waals surface area contributed by atoms with E-state index >= 15 is 0 Å². The van der Waals surface area contributed by atoms with Gasteiger partial charge in [0.25, 0.3) is 5.56 Å². The molecule has 0 aliphatic heterocycles. The largest absolute Gasteiger partial charge is 0.288 e. The minimum Gasteiger partial charge on any atom is -0.288 e. The van der Waals surface area contributed by atoms with Gasteiger partial charge in [-0.2, -0.15) is 5.10 Å². The maximum atomic E-state index is 11.9. The van der Waals surface area contributed by atoms with Crippen molar-refractivity contribution in [2.75, 3.05) is 5.43 Å². The van der Waals surface area contributed by atoms with Crippen LogP contribution in [0, 0.1) is 0 Å². The highest BCUT2D eigenvalue weighted by Gasteiger charge is 2.20. The number of anilines is 1. The number of nitrogens with zero attached hydrogens (tertiary/aromatic N) is 3. The zero-order chi connectivity index (χ0) is 15.5. The molecule has 0 atom stereocenters. The van der Waals surface area contributed by atoms with Gasteiger partial charge in [0.05, 0.1) is 6.21 Å². The summed E-state index contributed by atoms with van der Waals surface area (Å²) in [5, 5.41) is 12.5. The van der Waals surface area contributed by atoms with E-state index in [2.05, 4.69) is 25.7 Å². The summed E-state index contributed by atoms with van der Waals surface area (Å²) in [6.45, 7) is 5.70. The Morgan fingerprint density at radius 3 is 2.48 bits per heavy atom. The van der Waals surface area contributed by atoms with Gasteiger partial charge in [-0.15, -0.1) is 10.2 Å². The lowest BCUT2D eigenvalue weighted by Gasteiger charge is -2.15. The number of hydrazone groups is 1. The summed E-state index contributed by atoms with van der Waals surface area (Å²) in [6, 6.07) is 7.18. The molecule has 110 valence electrons. The molecule has 2 rings (SSSR count). The third-order valence-electron chi connectivity index (χ3n) is 2.66. The third-order valence-corrected chi connectivity index (χ3v) is 2.91. The van der Waals surface area contributed by atoms with Crippen LogP contribution in [0.1, 0.15) is 32.0 Å². The van der Waals surface area contributed by atoms with Crippen LogP contribution in [0.5, 0.6) is 0 Å². The summed E-state index contributed by atoms with van der Waals surface area (Å²) in [4.78, 5) is 14.5. The maximum Gasteiger partial charge on any atom is 0.274 e. The van der Waals surface area contributed by atoms with Crippen molar-refractivity contribution in [3.8, 4) is 0 Å². The summed E-state index contributed by atoms with van der Waals surface area (Å²) in [5.41, 5.74) is 3.26. The van der Waals surface area contributed by atoms with Crippen LogP contribution in [0.3, 0.4) is 0 Å². The Morgan fingerprint density at radius 2 is 1.90 bits per heavy atom. The summed E-state index contributed by atoms with van der Waals surface area (Å²) < 4.78 is 0. The molecule has 1 aromatic heterocycles. The number of nitrogens with one attached hydrogen (secondary N) is 2. The van der Waals surface area contributed by atoms with E-state index in [4.69, 9.17) is 11.6 Å². The van der Waals surface area contributed by atoms with Gasteiger partial charge in [0, 0.05) is 10.4 Å². The minimum absolute atomic E-state index is 0.193. The molecule has 0 amide bonds. The van der Waals surface area contributed by atoms with Crippen molar-refractivity contribution in [3.63, 3.8) is 0 Å². The second kappa shape index (κ2) is 6.05. The van der Waals surface area contributed by atoms with Crippen molar-refractivity contribution < 1.29 is 0 Å². The molecule has 0 saturated carbocycles. The summed E-state index contributed by atoms with van der Waals surface area (Å²) >= 11 is 5.79. The van der Waals surface area contributed by atoms with Crippen LogP contribution in [0.15, 0.2) is 34.2 Å². The maximum absolute atomic E-state index is 11.9. The number of aromatic nitrogens is 3. The molecule has 2 N–H and O–H groups in total. The second-order valence-electron chi connectivity index (χ2n) is 5.52. The topological polar surface area (TPSA) is 83.0 Å². The highest BCUT2D eigenvalue weighted by atomic mass is 35.5.